The lowest BCUT2D eigenvalue weighted by atomic mass is 10.1. The Balaban J connectivity index is 3.05. The minimum atomic E-state index is -0.520. The van der Waals surface area contributed by atoms with Crippen molar-refractivity contribution < 1.29 is 9.53 Å². The Morgan fingerprint density at radius 1 is 1.44 bits per heavy atom. The first kappa shape index (κ1) is 12.3. The van der Waals surface area contributed by atoms with Gasteiger partial charge in [-0.2, -0.15) is 0 Å². The molecular weight excluding hydrogens is 202 g/mol. The van der Waals surface area contributed by atoms with Gasteiger partial charge in [-0.15, -0.1) is 0 Å². The number of hydrogen-bond acceptors (Lipinski definition) is 3. The fourth-order valence-corrected chi connectivity index (χ4v) is 1.27. The molecule has 0 unspecified atom stereocenters. The van der Waals surface area contributed by atoms with Gasteiger partial charge < -0.3 is 10.5 Å². The molecular formula is C13H17NO2. The van der Waals surface area contributed by atoms with Gasteiger partial charge in [0.05, 0.1) is 11.3 Å². The maximum absolute atomic E-state index is 11.8. The molecule has 0 radical (unpaired) electrons. The van der Waals surface area contributed by atoms with Crippen molar-refractivity contribution in [1.82, 2.24) is 0 Å². The molecule has 0 aromatic heterocycles. The minimum absolute atomic E-state index is 0.382. The maximum Gasteiger partial charge on any atom is 0.340 e. The van der Waals surface area contributed by atoms with Gasteiger partial charge in [0.25, 0.3) is 0 Å². The number of para-hydroxylation sites is 1. The second kappa shape index (κ2) is 4.39. The standard InChI is InChI=1S/C13H17NO2/c1-5-9-7-6-8-10(11(9)14)12(15)16-13(2,3)4/h5-8H,1,14H2,2-4H3. The van der Waals surface area contributed by atoms with E-state index in [-0.39, 0.29) is 0 Å². The van der Waals surface area contributed by atoms with E-state index in [0.29, 0.717) is 11.3 Å². The number of esters is 1. The largest absolute Gasteiger partial charge is 0.456 e. The lowest BCUT2D eigenvalue weighted by Gasteiger charge is -2.20. The fraction of sp³-hybridized carbons (Fsp3) is 0.308. The molecule has 16 heavy (non-hydrogen) atoms. The Labute approximate surface area is 95.9 Å². The third-order valence-electron chi connectivity index (χ3n) is 1.98. The van der Waals surface area contributed by atoms with Gasteiger partial charge in [-0.3, -0.25) is 0 Å². The molecule has 0 atom stereocenters. The van der Waals surface area contributed by atoms with Crippen LogP contribution in [0.15, 0.2) is 24.8 Å². The van der Waals surface area contributed by atoms with Crippen LogP contribution < -0.4 is 5.73 Å². The van der Waals surface area contributed by atoms with Gasteiger partial charge in [0, 0.05) is 0 Å². The van der Waals surface area contributed by atoms with E-state index in [1.54, 1.807) is 24.3 Å². The van der Waals surface area contributed by atoms with Crippen molar-refractivity contribution in [2.75, 3.05) is 5.73 Å². The number of ether oxygens (including phenoxy) is 1. The molecule has 2 N–H and O–H groups in total. The molecule has 1 aromatic rings. The highest BCUT2D eigenvalue weighted by atomic mass is 16.6. The summed E-state index contributed by atoms with van der Waals surface area (Å²) in [5, 5.41) is 0. The number of benzene rings is 1. The van der Waals surface area contributed by atoms with Crippen LogP contribution >= 0.6 is 0 Å². The molecule has 0 bridgehead atoms. The van der Waals surface area contributed by atoms with Crippen LogP contribution in [-0.2, 0) is 4.74 Å². The normalized spacial score (nSPS) is 10.9. The van der Waals surface area contributed by atoms with Crippen molar-refractivity contribution in [3.63, 3.8) is 0 Å². The lowest BCUT2D eigenvalue weighted by Crippen LogP contribution is -2.24. The number of nitrogen functional groups attached to an aromatic ring is 1. The maximum atomic E-state index is 11.8. The first-order valence-electron chi connectivity index (χ1n) is 5.09. The molecule has 0 aliphatic rings. The zero-order valence-corrected chi connectivity index (χ0v) is 9.91. The Morgan fingerprint density at radius 2 is 2.06 bits per heavy atom. The second-order valence-corrected chi connectivity index (χ2v) is 4.51. The summed E-state index contributed by atoms with van der Waals surface area (Å²) in [6, 6.07) is 5.21. The first-order chi connectivity index (χ1) is 7.35. The van der Waals surface area contributed by atoms with Crippen molar-refractivity contribution in [2.45, 2.75) is 26.4 Å². The predicted molar refractivity (Wildman–Crippen MR) is 66.1 cm³/mol. The van der Waals surface area contributed by atoms with E-state index in [1.165, 1.54) is 0 Å². The predicted octanol–water partition coefficient (Wildman–Crippen LogP) is 2.87. The van der Waals surface area contributed by atoms with Crippen molar-refractivity contribution in [3.8, 4) is 0 Å². The van der Waals surface area contributed by atoms with Gasteiger partial charge in [-0.1, -0.05) is 24.8 Å². The van der Waals surface area contributed by atoms with Crippen LogP contribution in [0.25, 0.3) is 6.08 Å². The molecule has 0 fully saturated rings. The average Bonchev–Trinajstić information content (AvgIpc) is 2.15. The second-order valence-electron chi connectivity index (χ2n) is 4.51. The monoisotopic (exact) mass is 219 g/mol. The molecule has 1 rings (SSSR count). The molecule has 0 amide bonds. The van der Waals surface area contributed by atoms with Gasteiger partial charge in [0.2, 0.25) is 0 Å². The summed E-state index contributed by atoms with van der Waals surface area (Å²) in [4.78, 5) is 11.8. The van der Waals surface area contributed by atoms with Crippen molar-refractivity contribution in [2.24, 2.45) is 0 Å². The van der Waals surface area contributed by atoms with Crippen molar-refractivity contribution in [3.05, 3.63) is 35.9 Å². The Kier molecular flexibility index (Phi) is 3.38. The number of carbonyl (C=O) groups is 1. The molecule has 86 valence electrons. The zero-order valence-electron chi connectivity index (χ0n) is 9.91. The van der Waals surface area contributed by atoms with Gasteiger partial charge in [-0.25, -0.2) is 4.79 Å². The number of hydrogen-bond donors (Lipinski definition) is 1. The topological polar surface area (TPSA) is 52.3 Å². The van der Waals surface area contributed by atoms with E-state index in [2.05, 4.69) is 6.58 Å². The molecule has 1 aromatic carbocycles. The van der Waals surface area contributed by atoms with Crippen LogP contribution in [0.2, 0.25) is 0 Å². The van der Waals surface area contributed by atoms with Crippen molar-refractivity contribution >= 4 is 17.7 Å². The number of carbonyl (C=O) groups excluding carboxylic acids is 1. The molecule has 0 spiro atoms. The van der Waals surface area contributed by atoms with E-state index in [4.69, 9.17) is 10.5 Å². The Hall–Kier alpha value is -1.77. The smallest absolute Gasteiger partial charge is 0.340 e. The van der Waals surface area contributed by atoms with Gasteiger partial charge in [0.1, 0.15) is 5.60 Å². The average molecular weight is 219 g/mol. The van der Waals surface area contributed by atoms with E-state index in [1.807, 2.05) is 20.8 Å². The quantitative estimate of drug-likeness (QED) is 0.614. The summed E-state index contributed by atoms with van der Waals surface area (Å²) >= 11 is 0. The van der Waals surface area contributed by atoms with Crippen LogP contribution in [0.3, 0.4) is 0 Å². The molecule has 0 aliphatic carbocycles. The van der Waals surface area contributed by atoms with E-state index < -0.39 is 11.6 Å². The summed E-state index contributed by atoms with van der Waals surface area (Å²) in [5.41, 5.74) is 6.85. The molecule has 0 aliphatic heterocycles. The highest BCUT2D eigenvalue weighted by molar-refractivity contribution is 5.97. The molecule has 3 heteroatoms. The van der Waals surface area contributed by atoms with Gasteiger partial charge in [-0.05, 0) is 32.4 Å². The summed E-state index contributed by atoms with van der Waals surface area (Å²) in [5.74, 6) is -0.409. The SMILES string of the molecule is C=Cc1cccc(C(=O)OC(C)(C)C)c1N. The summed E-state index contributed by atoms with van der Waals surface area (Å²) in [6.07, 6.45) is 1.61. The third-order valence-corrected chi connectivity index (χ3v) is 1.98. The molecule has 0 heterocycles. The van der Waals surface area contributed by atoms with Crippen LogP contribution in [-0.4, -0.2) is 11.6 Å². The summed E-state index contributed by atoms with van der Waals surface area (Å²) < 4.78 is 5.25. The molecule has 0 saturated carbocycles. The third kappa shape index (κ3) is 2.86. The van der Waals surface area contributed by atoms with Gasteiger partial charge >= 0.3 is 5.97 Å². The highest BCUT2D eigenvalue weighted by Crippen LogP contribution is 2.21. The highest BCUT2D eigenvalue weighted by Gasteiger charge is 2.20. The fourth-order valence-electron chi connectivity index (χ4n) is 1.27. The minimum Gasteiger partial charge on any atom is -0.456 e. The van der Waals surface area contributed by atoms with Crippen LogP contribution in [0.1, 0.15) is 36.7 Å². The molecule has 0 saturated heterocycles. The van der Waals surface area contributed by atoms with Gasteiger partial charge in [0.15, 0.2) is 0 Å². The first-order valence-corrected chi connectivity index (χ1v) is 5.09. The van der Waals surface area contributed by atoms with E-state index in [0.717, 1.165) is 5.56 Å². The Bertz CT molecular complexity index is 416. The number of anilines is 1. The van der Waals surface area contributed by atoms with Crippen molar-refractivity contribution in [1.29, 1.82) is 0 Å². The zero-order chi connectivity index (χ0) is 12.3. The lowest BCUT2D eigenvalue weighted by molar-refractivity contribution is 0.00708. The van der Waals surface area contributed by atoms with Crippen LogP contribution in [0, 0.1) is 0 Å². The summed E-state index contributed by atoms with van der Waals surface area (Å²) in [7, 11) is 0. The number of rotatable bonds is 2. The summed E-state index contributed by atoms with van der Waals surface area (Å²) in [6.45, 7) is 9.09. The molecule has 3 nitrogen and oxygen atoms in total. The van der Waals surface area contributed by atoms with E-state index in [9.17, 15) is 4.79 Å². The van der Waals surface area contributed by atoms with Crippen LogP contribution in [0.5, 0.6) is 0 Å². The van der Waals surface area contributed by atoms with Crippen LogP contribution in [0.4, 0.5) is 5.69 Å². The van der Waals surface area contributed by atoms with E-state index >= 15 is 0 Å². The number of nitrogens with two attached hydrogens (primary N) is 1. The Morgan fingerprint density at radius 3 is 2.56 bits per heavy atom.